The van der Waals surface area contributed by atoms with E-state index in [-0.39, 0.29) is 0 Å². The summed E-state index contributed by atoms with van der Waals surface area (Å²) in [5.41, 5.74) is 14.4. The molecule has 0 aromatic heterocycles. The minimum Gasteiger partial charge on any atom is -0.456 e. The van der Waals surface area contributed by atoms with Gasteiger partial charge in [-0.05, 0) is 118 Å². The summed E-state index contributed by atoms with van der Waals surface area (Å²) in [5.74, 6) is 1.81. The molecule has 0 amide bonds. The largest absolute Gasteiger partial charge is 0.456 e. The maximum absolute atomic E-state index is 6.51. The second-order valence-electron chi connectivity index (χ2n) is 15.1. The zero-order chi connectivity index (χ0) is 36.8. The molecule has 1 aliphatic heterocycles. The van der Waals surface area contributed by atoms with Crippen molar-refractivity contribution >= 4 is 32.3 Å². The number of hydrogen-bond donors (Lipinski definition) is 0. The summed E-state index contributed by atoms with van der Waals surface area (Å²) in [7, 11) is 0. The van der Waals surface area contributed by atoms with Crippen molar-refractivity contribution < 1.29 is 4.74 Å². The summed E-state index contributed by atoms with van der Waals surface area (Å²) in [4.78, 5) is 0. The lowest BCUT2D eigenvalue weighted by Crippen LogP contribution is -2.28. The smallest absolute Gasteiger partial charge is 0.135 e. The van der Waals surface area contributed by atoms with Crippen molar-refractivity contribution in [1.82, 2.24) is 0 Å². The first-order valence-corrected chi connectivity index (χ1v) is 19.4. The highest BCUT2D eigenvalue weighted by molar-refractivity contribution is 6.12. The molecule has 0 radical (unpaired) electrons. The Balaban J connectivity index is 1.21. The van der Waals surface area contributed by atoms with Gasteiger partial charge in [-0.25, -0.2) is 0 Å². The van der Waals surface area contributed by atoms with Crippen molar-refractivity contribution in [3.8, 4) is 56.0 Å². The van der Waals surface area contributed by atoms with Gasteiger partial charge in [-0.1, -0.05) is 176 Å². The molecule has 0 spiro atoms. The normalized spacial score (nSPS) is 13.3. The molecule has 0 saturated heterocycles. The second kappa shape index (κ2) is 11.9. The summed E-state index contributed by atoms with van der Waals surface area (Å²) < 4.78 is 6.51. The maximum Gasteiger partial charge on any atom is 0.135 e. The van der Waals surface area contributed by atoms with E-state index in [0.29, 0.717) is 0 Å². The lowest BCUT2D eigenvalue weighted by Gasteiger charge is -2.35. The zero-order valence-electron chi connectivity index (χ0n) is 30.5. The van der Waals surface area contributed by atoms with Crippen molar-refractivity contribution in [3.63, 3.8) is 0 Å². The molecule has 0 saturated carbocycles. The van der Waals surface area contributed by atoms with Gasteiger partial charge in [0.25, 0.3) is 0 Å². The van der Waals surface area contributed by atoms with Gasteiger partial charge in [0.1, 0.15) is 11.5 Å². The monoisotopic (exact) mass is 710 g/mol. The van der Waals surface area contributed by atoms with Gasteiger partial charge >= 0.3 is 0 Å². The van der Waals surface area contributed by atoms with Gasteiger partial charge in [-0.15, -0.1) is 0 Å². The van der Waals surface area contributed by atoms with Crippen LogP contribution in [0, 0.1) is 0 Å². The van der Waals surface area contributed by atoms with Crippen molar-refractivity contribution in [1.29, 1.82) is 0 Å². The lowest BCUT2D eigenvalue weighted by atomic mass is 9.66. The van der Waals surface area contributed by atoms with Crippen LogP contribution in [0.3, 0.4) is 0 Å². The molecule has 0 unspecified atom stereocenters. The number of para-hydroxylation sites is 1. The molecule has 0 atom stereocenters. The van der Waals surface area contributed by atoms with Crippen molar-refractivity contribution in [3.05, 3.63) is 229 Å². The van der Waals surface area contributed by atoms with Gasteiger partial charge in [0, 0.05) is 10.9 Å². The predicted molar refractivity (Wildman–Crippen MR) is 233 cm³/mol. The second-order valence-corrected chi connectivity index (χ2v) is 15.1. The van der Waals surface area contributed by atoms with E-state index in [1.54, 1.807) is 0 Å². The summed E-state index contributed by atoms with van der Waals surface area (Å²) in [6.07, 6.45) is 0. The highest BCUT2D eigenvalue weighted by Crippen LogP contribution is 2.61. The molecule has 260 valence electrons. The predicted octanol–water partition coefficient (Wildman–Crippen LogP) is 14.6. The summed E-state index contributed by atoms with van der Waals surface area (Å²) in [6, 6.07) is 76.0. The molecule has 1 nitrogen and oxygen atoms in total. The Kier molecular flexibility index (Phi) is 6.62. The molecule has 1 heterocycles. The molecule has 0 N–H and O–H groups in total. The first-order chi connectivity index (χ1) is 27.8. The Morgan fingerprint density at radius 1 is 0.339 bits per heavy atom. The topological polar surface area (TPSA) is 9.23 Å². The van der Waals surface area contributed by atoms with Gasteiger partial charge in [0.05, 0.1) is 5.41 Å². The molecule has 0 fully saturated rings. The lowest BCUT2D eigenvalue weighted by molar-refractivity contribution is 0.487. The number of benzene rings is 10. The highest BCUT2D eigenvalue weighted by Gasteiger charge is 2.48. The van der Waals surface area contributed by atoms with Gasteiger partial charge in [-0.3, -0.25) is 0 Å². The van der Waals surface area contributed by atoms with E-state index in [1.165, 1.54) is 88.1 Å². The van der Waals surface area contributed by atoms with Gasteiger partial charge in [0.15, 0.2) is 0 Å². The van der Waals surface area contributed by atoms with Crippen molar-refractivity contribution in [2.24, 2.45) is 0 Å². The minimum absolute atomic E-state index is 0.560. The van der Waals surface area contributed by atoms with E-state index in [1.807, 2.05) is 6.07 Å². The van der Waals surface area contributed by atoms with E-state index in [9.17, 15) is 0 Å². The third kappa shape index (κ3) is 4.31. The molecule has 1 aliphatic carbocycles. The molecule has 10 aromatic carbocycles. The third-order valence-corrected chi connectivity index (χ3v) is 12.3. The van der Waals surface area contributed by atoms with Crippen LogP contribution in [0.25, 0.3) is 76.8 Å². The molecular formula is C55H34O. The quantitative estimate of drug-likeness (QED) is 0.177. The summed E-state index contributed by atoms with van der Waals surface area (Å²) in [6.45, 7) is 0. The van der Waals surface area contributed by atoms with Crippen LogP contribution in [-0.4, -0.2) is 0 Å². The molecule has 10 aromatic rings. The van der Waals surface area contributed by atoms with Crippen LogP contribution in [-0.2, 0) is 5.41 Å². The summed E-state index contributed by atoms with van der Waals surface area (Å²) >= 11 is 0. The molecule has 12 rings (SSSR count). The molecule has 56 heavy (non-hydrogen) atoms. The van der Waals surface area contributed by atoms with Crippen LogP contribution in [0.1, 0.15) is 22.3 Å². The maximum atomic E-state index is 6.51. The SMILES string of the molecule is c1ccc(C2(c3ccccc3)c3ccccc3-c3c(-c4ccc5ccccc5c4)cc4ccc(-c5ccc6c7c(cccc57)-c5ccccc5O6)cc4c32)cc1. The Morgan fingerprint density at radius 3 is 1.79 bits per heavy atom. The van der Waals surface area contributed by atoms with Gasteiger partial charge < -0.3 is 4.74 Å². The minimum atomic E-state index is -0.560. The first-order valence-electron chi connectivity index (χ1n) is 19.4. The van der Waals surface area contributed by atoms with Crippen LogP contribution >= 0.6 is 0 Å². The number of rotatable bonds is 4. The van der Waals surface area contributed by atoms with E-state index in [2.05, 4.69) is 200 Å². The van der Waals surface area contributed by atoms with Gasteiger partial charge in [0.2, 0.25) is 0 Å². The van der Waals surface area contributed by atoms with Crippen LogP contribution < -0.4 is 4.74 Å². The van der Waals surface area contributed by atoms with Crippen LogP contribution in [0.2, 0.25) is 0 Å². The standard InChI is InChI=1S/C55H34O/c1-3-16-40(17-4-1)55(41-18-5-2-6-19-41)49-24-11-9-21-46(49)53-47(37-27-26-35-14-7-8-15-36(35)32-37)33-39-29-28-38(34-48(39)54(53)55)42-30-31-51-52-44(42)22-13-23-45(52)43-20-10-12-25-50(43)56-51/h1-34H. The average molecular weight is 711 g/mol. The van der Waals surface area contributed by atoms with Crippen molar-refractivity contribution in [2.45, 2.75) is 5.41 Å². The number of ether oxygens (including phenoxy) is 1. The fourth-order valence-corrected chi connectivity index (χ4v) is 9.95. The third-order valence-electron chi connectivity index (χ3n) is 12.3. The molecular weight excluding hydrogens is 677 g/mol. The Morgan fingerprint density at radius 2 is 0.982 bits per heavy atom. The van der Waals surface area contributed by atoms with Gasteiger partial charge in [-0.2, -0.15) is 0 Å². The van der Waals surface area contributed by atoms with Crippen LogP contribution in [0.5, 0.6) is 11.5 Å². The van der Waals surface area contributed by atoms with Crippen LogP contribution in [0.15, 0.2) is 206 Å². The Labute approximate surface area is 325 Å². The molecule has 2 aliphatic rings. The first kappa shape index (κ1) is 31.2. The van der Waals surface area contributed by atoms with E-state index >= 15 is 0 Å². The van der Waals surface area contributed by atoms with E-state index in [0.717, 1.165) is 22.4 Å². The fraction of sp³-hybridized carbons (Fsp3) is 0.0182. The fourth-order valence-electron chi connectivity index (χ4n) is 9.95. The highest BCUT2D eigenvalue weighted by atomic mass is 16.5. The Hall–Kier alpha value is -7.22. The zero-order valence-corrected chi connectivity index (χ0v) is 30.5. The number of hydrogen-bond acceptors (Lipinski definition) is 1. The average Bonchev–Trinajstić information content (AvgIpc) is 3.59. The summed E-state index contributed by atoms with van der Waals surface area (Å²) in [5, 5.41) is 7.33. The van der Waals surface area contributed by atoms with Crippen LogP contribution in [0.4, 0.5) is 0 Å². The van der Waals surface area contributed by atoms with E-state index < -0.39 is 5.41 Å². The Bertz CT molecular complexity index is 3170. The van der Waals surface area contributed by atoms with E-state index in [4.69, 9.17) is 4.74 Å². The van der Waals surface area contributed by atoms with Crippen molar-refractivity contribution in [2.75, 3.05) is 0 Å². The number of fused-ring (bicyclic) bond motifs is 8. The molecule has 1 heteroatoms. The molecule has 0 bridgehead atoms.